The third-order valence-electron chi connectivity index (χ3n) is 9.67. The van der Waals surface area contributed by atoms with E-state index in [1.54, 1.807) is 0 Å². The van der Waals surface area contributed by atoms with Gasteiger partial charge in [-0.15, -0.1) is 0 Å². The van der Waals surface area contributed by atoms with E-state index in [1.807, 2.05) is 0 Å². The number of benzene rings is 9. The molecule has 9 aromatic rings. The quantitative estimate of drug-likeness (QED) is 0.171. The molecule has 0 saturated heterocycles. The molecule has 0 atom stereocenters. The molecular formula is C48H32. The summed E-state index contributed by atoms with van der Waals surface area (Å²) < 4.78 is 0. The number of hydrogen-bond donors (Lipinski definition) is 0. The van der Waals surface area contributed by atoms with Crippen LogP contribution in [-0.2, 0) is 0 Å². The first kappa shape index (κ1) is 28.0. The Labute approximate surface area is 281 Å². The summed E-state index contributed by atoms with van der Waals surface area (Å²) in [7, 11) is 0. The minimum absolute atomic E-state index is 1.21. The van der Waals surface area contributed by atoms with Crippen molar-refractivity contribution in [2.75, 3.05) is 0 Å². The summed E-state index contributed by atoms with van der Waals surface area (Å²) in [5, 5.41) is 7.59. The summed E-state index contributed by atoms with van der Waals surface area (Å²) in [5.41, 5.74) is 12.4. The lowest BCUT2D eigenvalue weighted by atomic mass is 9.84. The Morgan fingerprint density at radius 3 is 1.12 bits per heavy atom. The van der Waals surface area contributed by atoms with Crippen molar-refractivity contribution in [2.45, 2.75) is 0 Å². The van der Waals surface area contributed by atoms with E-state index in [9.17, 15) is 0 Å². The van der Waals surface area contributed by atoms with E-state index < -0.39 is 0 Å². The Morgan fingerprint density at radius 2 is 0.604 bits per heavy atom. The van der Waals surface area contributed by atoms with Crippen LogP contribution >= 0.6 is 0 Å². The van der Waals surface area contributed by atoms with Gasteiger partial charge in [0.2, 0.25) is 0 Å². The zero-order valence-electron chi connectivity index (χ0n) is 26.5. The minimum Gasteiger partial charge on any atom is -0.0622 e. The maximum atomic E-state index is 2.34. The molecule has 0 N–H and O–H groups in total. The normalized spacial score (nSPS) is 11.3. The molecule has 0 heterocycles. The van der Waals surface area contributed by atoms with Crippen LogP contribution in [-0.4, -0.2) is 0 Å². The lowest BCUT2D eigenvalue weighted by Crippen LogP contribution is -1.92. The van der Waals surface area contributed by atoms with E-state index in [4.69, 9.17) is 0 Å². The highest BCUT2D eigenvalue weighted by molar-refractivity contribution is 6.21. The van der Waals surface area contributed by atoms with Gasteiger partial charge in [-0.05, 0) is 94.0 Å². The van der Waals surface area contributed by atoms with Gasteiger partial charge in [0, 0.05) is 0 Å². The van der Waals surface area contributed by atoms with Crippen molar-refractivity contribution in [1.82, 2.24) is 0 Å². The first-order chi connectivity index (χ1) is 23.8. The van der Waals surface area contributed by atoms with Gasteiger partial charge in [-0.2, -0.15) is 0 Å². The molecule has 0 aliphatic carbocycles. The molecule has 0 unspecified atom stereocenters. The van der Waals surface area contributed by atoms with Crippen molar-refractivity contribution < 1.29 is 0 Å². The predicted octanol–water partition coefficient (Wildman–Crippen LogP) is 13.5. The molecule has 0 radical (unpaired) electrons. The molecule has 0 bridgehead atoms. The van der Waals surface area contributed by atoms with E-state index in [2.05, 4.69) is 194 Å². The van der Waals surface area contributed by atoms with Crippen LogP contribution in [0.1, 0.15) is 0 Å². The largest absolute Gasteiger partial charge is 0.0622 e. The van der Waals surface area contributed by atoms with Gasteiger partial charge in [0.05, 0.1) is 0 Å². The molecular weight excluding hydrogens is 577 g/mol. The highest BCUT2D eigenvalue weighted by Crippen LogP contribution is 2.45. The minimum atomic E-state index is 1.21. The lowest BCUT2D eigenvalue weighted by molar-refractivity contribution is 1.56. The Morgan fingerprint density at radius 1 is 0.208 bits per heavy atom. The van der Waals surface area contributed by atoms with Crippen LogP contribution in [0.5, 0.6) is 0 Å². The van der Waals surface area contributed by atoms with E-state index in [1.165, 1.54) is 88.0 Å². The lowest BCUT2D eigenvalue weighted by Gasteiger charge is -2.19. The van der Waals surface area contributed by atoms with Gasteiger partial charge in [-0.3, -0.25) is 0 Å². The third kappa shape index (κ3) is 4.78. The van der Waals surface area contributed by atoms with Crippen molar-refractivity contribution in [3.63, 3.8) is 0 Å². The second kappa shape index (κ2) is 11.8. The van der Waals surface area contributed by atoms with Crippen molar-refractivity contribution in [2.24, 2.45) is 0 Å². The van der Waals surface area contributed by atoms with Gasteiger partial charge in [0.25, 0.3) is 0 Å². The van der Waals surface area contributed by atoms with E-state index >= 15 is 0 Å². The standard InChI is InChI=1S/C48H32/c1-3-15-34(16-4-1)40-24-13-25-41(35-17-5-2-6-18-35)46(40)36-27-29-37(30-28-36)47-42-20-9-11-22-44(42)48(45-23-12-10-21-43(45)47)39-31-26-33-14-7-8-19-38(33)32-39/h1-32H. The van der Waals surface area contributed by atoms with Crippen molar-refractivity contribution in [3.05, 3.63) is 194 Å². The number of rotatable bonds is 5. The molecule has 0 aliphatic rings. The Bertz CT molecular complexity index is 2460. The first-order valence-corrected chi connectivity index (χ1v) is 16.6. The Balaban J connectivity index is 1.25. The molecule has 0 fully saturated rings. The van der Waals surface area contributed by atoms with Gasteiger partial charge >= 0.3 is 0 Å². The van der Waals surface area contributed by atoms with Crippen LogP contribution in [0.15, 0.2) is 194 Å². The third-order valence-corrected chi connectivity index (χ3v) is 9.67. The molecule has 0 nitrogen and oxygen atoms in total. The summed E-state index contributed by atoms with van der Waals surface area (Å²) >= 11 is 0. The van der Waals surface area contributed by atoms with Crippen molar-refractivity contribution in [1.29, 1.82) is 0 Å². The van der Waals surface area contributed by atoms with Gasteiger partial charge in [-0.1, -0.05) is 188 Å². The fraction of sp³-hybridized carbons (Fsp3) is 0. The monoisotopic (exact) mass is 608 g/mol. The summed E-state index contributed by atoms with van der Waals surface area (Å²) in [6.45, 7) is 0. The molecule has 0 saturated carbocycles. The molecule has 0 aromatic heterocycles. The molecule has 0 spiro atoms. The van der Waals surface area contributed by atoms with Gasteiger partial charge in [-0.25, -0.2) is 0 Å². The molecule has 9 rings (SSSR count). The highest BCUT2D eigenvalue weighted by atomic mass is 14.2. The van der Waals surface area contributed by atoms with E-state index in [0.29, 0.717) is 0 Å². The van der Waals surface area contributed by atoms with Crippen LogP contribution in [0.4, 0.5) is 0 Å². The highest BCUT2D eigenvalue weighted by Gasteiger charge is 2.18. The van der Waals surface area contributed by atoms with Gasteiger partial charge < -0.3 is 0 Å². The summed E-state index contributed by atoms with van der Waals surface area (Å²) in [6, 6.07) is 70.7. The van der Waals surface area contributed by atoms with Crippen molar-refractivity contribution >= 4 is 32.3 Å². The topological polar surface area (TPSA) is 0 Å². The summed E-state index contributed by atoms with van der Waals surface area (Å²) in [6.07, 6.45) is 0. The molecule has 0 amide bonds. The van der Waals surface area contributed by atoms with Crippen LogP contribution in [0.3, 0.4) is 0 Å². The summed E-state index contributed by atoms with van der Waals surface area (Å²) in [4.78, 5) is 0. The van der Waals surface area contributed by atoms with Gasteiger partial charge in [0.15, 0.2) is 0 Å². The fourth-order valence-electron chi connectivity index (χ4n) is 7.48. The van der Waals surface area contributed by atoms with E-state index in [-0.39, 0.29) is 0 Å². The molecule has 224 valence electrons. The molecule has 0 heteroatoms. The molecule has 0 aliphatic heterocycles. The maximum absolute atomic E-state index is 2.34. The summed E-state index contributed by atoms with van der Waals surface area (Å²) in [5.74, 6) is 0. The Hall–Kier alpha value is -6.24. The zero-order chi connectivity index (χ0) is 31.9. The number of hydrogen-bond acceptors (Lipinski definition) is 0. The van der Waals surface area contributed by atoms with Gasteiger partial charge in [0.1, 0.15) is 0 Å². The SMILES string of the molecule is c1ccc(-c2cccc(-c3ccccc3)c2-c2ccc(-c3c4ccccc4c(-c4ccc5ccccc5c4)c4ccccc34)cc2)cc1. The average molecular weight is 609 g/mol. The Kier molecular flexibility index (Phi) is 6.91. The van der Waals surface area contributed by atoms with Crippen LogP contribution < -0.4 is 0 Å². The maximum Gasteiger partial charge on any atom is -0.00262 e. The molecule has 9 aromatic carbocycles. The van der Waals surface area contributed by atoms with E-state index in [0.717, 1.165) is 0 Å². The molecule has 48 heavy (non-hydrogen) atoms. The second-order valence-electron chi connectivity index (χ2n) is 12.4. The first-order valence-electron chi connectivity index (χ1n) is 16.6. The predicted molar refractivity (Wildman–Crippen MR) is 206 cm³/mol. The number of fused-ring (bicyclic) bond motifs is 3. The van der Waals surface area contributed by atoms with Crippen LogP contribution in [0.2, 0.25) is 0 Å². The average Bonchev–Trinajstić information content (AvgIpc) is 3.17. The van der Waals surface area contributed by atoms with Crippen molar-refractivity contribution in [3.8, 4) is 55.6 Å². The zero-order valence-corrected chi connectivity index (χ0v) is 26.5. The second-order valence-corrected chi connectivity index (χ2v) is 12.4. The fourth-order valence-corrected chi connectivity index (χ4v) is 7.48. The van der Waals surface area contributed by atoms with Crippen LogP contribution in [0.25, 0.3) is 88.0 Å². The van der Waals surface area contributed by atoms with Crippen LogP contribution in [0, 0.1) is 0 Å². The smallest absolute Gasteiger partial charge is 0.00262 e.